The number of fused-ring (bicyclic) bond motifs is 1. The molecule has 0 saturated carbocycles. The highest BCUT2D eigenvalue weighted by atomic mass is 19.4. The molecule has 0 saturated heterocycles. The number of carbonyl (C=O) groups is 1. The number of nitrogens with zero attached hydrogens (tertiary/aromatic N) is 6. The highest BCUT2D eigenvalue weighted by molar-refractivity contribution is 5.83. The molecular weight excluding hydrogens is 399 g/mol. The van der Waals surface area contributed by atoms with Crippen LogP contribution >= 0.6 is 0 Å². The number of aromatic nitrogens is 6. The third-order valence-corrected chi connectivity index (χ3v) is 4.54. The van der Waals surface area contributed by atoms with Gasteiger partial charge in [-0.05, 0) is 28.1 Å². The van der Waals surface area contributed by atoms with Crippen LogP contribution < -0.4 is 5.32 Å². The van der Waals surface area contributed by atoms with E-state index in [1.165, 1.54) is 17.1 Å². The van der Waals surface area contributed by atoms with E-state index in [-0.39, 0.29) is 18.6 Å². The van der Waals surface area contributed by atoms with Crippen molar-refractivity contribution in [1.82, 2.24) is 35.1 Å². The van der Waals surface area contributed by atoms with Crippen LogP contribution in [-0.4, -0.2) is 42.2 Å². The monoisotopic (exact) mass is 415 g/mol. The van der Waals surface area contributed by atoms with E-state index in [0.29, 0.717) is 11.1 Å². The minimum absolute atomic E-state index is 0.0340. The number of para-hydroxylation sites is 2. The second-order valence-corrected chi connectivity index (χ2v) is 6.47. The van der Waals surface area contributed by atoms with Gasteiger partial charge in [-0.15, -0.1) is 5.10 Å². The van der Waals surface area contributed by atoms with E-state index >= 15 is 0 Å². The first-order chi connectivity index (χ1) is 14.4. The predicted molar refractivity (Wildman–Crippen MR) is 100 cm³/mol. The molecule has 1 amide bonds. The number of alkyl halides is 3. The number of carbonyl (C=O) groups excluding carboxylic acids is 1. The molecule has 2 aromatic heterocycles. The average molecular weight is 415 g/mol. The molecule has 2 aromatic carbocycles. The van der Waals surface area contributed by atoms with Crippen molar-refractivity contribution in [2.45, 2.75) is 18.8 Å². The lowest BCUT2D eigenvalue weighted by molar-refractivity contribution is -0.146. The van der Waals surface area contributed by atoms with Crippen molar-refractivity contribution >= 4 is 16.9 Å². The van der Waals surface area contributed by atoms with Gasteiger partial charge in [0.05, 0.1) is 11.0 Å². The second kappa shape index (κ2) is 7.93. The molecule has 154 valence electrons. The Bertz CT molecular complexity index is 1140. The Kier molecular flexibility index (Phi) is 5.17. The average Bonchev–Trinajstić information content (AvgIpc) is 3.37. The molecule has 2 heterocycles. The summed E-state index contributed by atoms with van der Waals surface area (Å²) < 4.78 is 42.6. The predicted octanol–water partition coefficient (Wildman–Crippen LogP) is 2.45. The van der Waals surface area contributed by atoms with Gasteiger partial charge in [0.15, 0.2) is 6.04 Å². The molecular formula is C19H16F3N7O. The van der Waals surface area contributed by atoms with Crippen LogP contribution in [0.15, 0.2) is 60.9 Å². The van der Waals surface area contributed by atoms with Crippen LogP contribution in [0.2, 0.25) is 0 Å². The molecule has 1 N–H and O–H groups in total. The smallest absolute Gasteiger partial charge is 0.352 e. The molecule has 4 rings (SSSR count). The Morgan fingerprint density at radius 3 is 2.50 bits per heavy atom. The SMILES string of the molecule is O=C(NCCn1c(C(F)(F)F)nc2ccccc21)[C@H](c1ccccc1)n1cnnn1. The molecule has 0 aliphatic heterocycles. The molecule has 8 nitrogen and oxygen atoms in total. The van der Waals surface area contributed by atoms with E-state index in [9.17, 15) is 18.0 Å². The maximum atomic E-state index is 13.4. The van der Waals surface area contributed by atoms with E-state index < -0.39 is 23.9 Å². The Balaban J connectivity index is 1.55. The molecule has 0 unspecified atom stereocenters. The summed E-state index contributed by atoms with van der Waals surface area (Å²) in [6.07, 6.45) is -3.30. The van der Waals surface area contributed by atoms with Gasteiger partial charge in [-0.2, -0.15) is 13.2 Å². The van der Waals surface area contributed by atoms with Crippen LogP contribution in [0.5, 0.6) is 0 Å². The number of tetrazole rings is 1. The van der Waals surface area contributed by atoms with Crippen molar-refractivity contribution in [3.8, 4) is 0 Å². The number of amides is 1. The molecule has 0 aliphatic rings. The van der Waals surface area contributed by atoms with E-state index in [0.717, 1.165) is 4.57 Å². The van der Waals surface area contributed by atoms with Gasteiger partial charge in [0.25, 0.3) is 0 Å². The van der Waals surface area contributed by atoms with Gasteiger partial charge in [0.2, 0.25) is 11.7 Å². The summed E-state index contributed by atoms with van der Waals surface area (Å²) in [6, 6.07) is 14.3. The highest BCUT2D eigenvalue weighted by Gasteiger charge is 2.37. The quantitative estimate of drug-likeness (QED) is 0.523. The molecule has 0 fully saturated rings. The fourth-order valence-electron chi connectivity index (χ4n) is 3.25. The van der Waals surface area contributed by atoms with Gasteiger partial charge in [-0.1, -0.05) is 42.5 Å². The lowest BCUT2D eigenvalue weighted by Crippen LogP contribution is -2.36. The largest absolute Gasteiger partial charge is 0.449 e. The summed E-state index contributed by atoms with van der Waals surface area (Å²) in [7, 11) is 0. The van der Waals surface area contributed by atoms with Crippen LogP contribution in [-0.2, 0) is 17.5 Å². The van der Waals surface area contributed by atoms with Gasteiger partial charge in [0.1, 0.15) is 6.33 Å². The van der Waals surface area contributed by atoms with Crippen molar-refractivity contribution < 1.29 is 18.0 Å². The van der Waals surface area contributed by atoms with Crippen LogP contribution in [0.3, 0.4) is 0 Å². The maximum Gasteiger partial charge on any atom is 0.449 e. The lowest BCUT2D eigenvalue weighted by Gasteiger charge is -2.17. The first-order valence-electron chi connectivity index (χ1n) is 9.03. The maximum absolute atomic E-state index is 13.4. The first-order valence-corrected chi connectivity index (χ1v) is 9.03. The molecule has 11 heteroatoms. The van der Waals surface area contributed by atoms with E-state index in [1.807, 2.05) is 0 Å². The first kappa shape index (κ1) is 19.6. The van der Waals surface area contributed by atoms with E-state index in [4.69, 9.17) is 0 Å². The number of nitrogens with one attached hydrogen (secondary N) is 1. The molecule has 0 radical (unpaired) electrons. The van der Waals surface area contributed by atoms with E-state index in [2.05, 4.69) is 25.8 Å². The fraction of sp³-hybridized carbons (Fsp3) is 0.211. The Morgan fingerprint density at radius 1 is 1.07 bits per heavy atom. The number of rotatable bonds is 6. The fourth-order valence-corrected chi connectivity index (χ4v) is 3.25. The summed E-state index contributed by atoms with van der Waals surface area (Å²) in [5, 5.41) is 13.6. The van der Waals surface area contributed by atoms with Crippen molar-refractivity contribution in [3.63, 3.8) is 0 Å². The van der Waals surface area contributed by atoms with Crippen molar-refractivity contribution in [1.29, 1.82) is 0 Å². The third kappa shape index (κ3) is 3.86. The number of hydrogen-bond donors (Lipinski definition) is 1. The molecule has 0 aliphatic carbocycles. The minimum Gasteiger partial charge on any atom is -0.352 e. The summed E-state index contributed by atoms with van der Waals surface area (Å²) in [6.45, 7) is -0.133. The molecule has 1 atom stereocenters. The Hall–Kier alpha value is -3.76. The van der Waals surface area contributed by atoms with Crippen LogP contribution in [0, 0.1) is 0 Å². The summed E-state index contributed by atoms with van der Waals surface area (Å²) in [5.41, 5.74) is 1.23. The van der Waals surface area contributed by atoms with Crippen molar-refractivity contribution in [2.75, 3.05) is 6.54 Å². The van der Waals surface area contributed by atoms with Gasteiger partial charge in [-0.25, -0.2) is 9.67 Å². The minimum atomic E-state index is -4.61. The Labute approximate surface area is 168 Å². The zero-order valence-corrected chi connectivity index (χ0v) is 15.5. The number of benzene rings is 2. The summed E-state index contributed by atoms with van der Waals surface area (Å²) in [4.78, 5) is 16.5. The zero-order chi connectivity index (χ0) is 21.1. The van der Waals surface area contributed by atoms with Gasteiger partial charge >= 0.3 is 6.18 Å². The second-order valence-electron chi connectivity index (χ2n) is 6.47. The van der Waals surface area contributed by atoms with Crippen LogP contribution in [0.4, 0.5) is 13.2 Å². The van der Waals surface area contributed by atoms with Gasteiger partial charge < -0.3 is 9.88 Å². The lowest BCUT2D eigenvalue weighted by atomic mass is 10.1. The Morgan fingerprint density at radius 2 is 1.80 bits per heavy atom. The number of hydrogen-bond acceptors (Lipinski definition) is 5. The standard InChI is InChI=1S/C19H16F3N7O/c20-19(21,22)18-25-14-8-4-5-9-15(14)28(18)11-10-23-17(30)16(29-12-24-26-27-29)13-6-2-1-3-7-13/h1-9,12,16H,10-11H2,(H,23,30)/t16-/m0/s1. The topological polar surface area (TPSA) is 90.5 Å². The van der Waals surface area contributed by atoms with Crippen molar-refractivity contribution in [3.05, 3.63) is 72.3 Å². The van der Waals surface area contributed by atoms with E-state index in [1.54, 1.807) is 48.5 Å². The molecule has 0 bridgehead atoms. The normalized spacial score (nSPS) is 12.8. The number of halogens is 3. The zero-order valence-electron chi connectivity index (χ0n) is 15.5. The third-order valence-electron chi connectivity index (χ3n) is 4.54. The van der Waals surface area contributed by atoms with Crippen molar-refractivity contribution in [2.24, 2.45) is 0 Å². The molecule has 4 aromatic rings. The van der Waals surface area contributed by atoms with Crippen LogP contribution in [0.1, 0.15) is 17.4 Å². The number of imidazole rings is 1. The summed E-state index contributed by atoms with van der Waals surface area (Å²) in [5.74, 6) is -1.44. The van der Waals surface area contributed by atoms with Gasteiger partial charge in [-0.3, -0.25) is 4.79 Å². The summed E-state index contributed by atoms with van der Waals surface area (Å²) >= 11 is 0. The molecule has 0 spiro atoms. The highest BCUT2D eigenvalue weighted by Crippen LogP contribution is 2.31. The van der Waals surface area contributed by atoms with Gasteiger partial charge in [0, 0.05) is 13.1 Å². The van der Waals surface area contributed by atoms with Crippen LogP contribution in [0.25, 0.3) is 11.0 Å². The molecule has 30 heavy (non-hydrogen) atoms.